The summed E-state index contributed by atoms with van der Waals surface area (Å²) in [5, 5.41) is 21.0. The van der Waals surface area contributed by atoms with E-state index in [0.29, 0.717) is 22.7 Å². The summed E-state index contributed by atoms with van der Waals surface area (Å²) >= 11 is 0. The minimum Gasteiger partial charge on any atom is -0.497 e. The molecule has 0 radical (unpaired) electrons. The number of carboxylic acid groups (broad SMARTS) is 1. The van der Waals surface area contributed by atoms with E-state index in [0.717, 1.165) is 5.56 Å². The zero-order chi connectivity index (χ0) is 22.9. The van der Waals surface area contributed by atoms with Crippen molar-refractivity contribution in [1.82, 2.24) is 0 Å². The molecule has 2 N–H and O–H groups in total. The zero-order valence-electron chi connectivity index (χ0n) is 17.2. The molecule has 160 valence electrons. The standard InChI is InChI=1S/C25H20N2O5/c1-31-22-12-8-21(9-13-22)27-24(28)20(15-26)14-17-4-10-23(11-5-17)32-16-18-2-6-19(7-3-18)25(29)30/h2-14H,16H2,1H3,(H,27,28)(H,29,30). The van der Waals surface area contributed by atoms with Crippen molar-refractivity contribution in [3.63, 3.8) is 0 Å². The summed E-state index contributed by atoms with van der Waals surface area (Å²) in [6, 6.07) is 22.1. The van der Waals surface area contributed by atoms with Crippen molar-refractivity contribution in [1.29, 1.82) is 5.26 Å². The van der Waals surface area contributed by atoms with E-state index in [9.17, 15) is 14.9 Å². The molecule has 0 saturated carbocycles. The lowest BCUT2D eigenvalue weighted by Gasteiger charge is -2.07. The number of carboxylic acids is 1. The molecule has 0 atom stereocenters. The summed E-state index contributed by atoms with van der Waals surface area (Å²) in [7, 11) is 1.55. The number of nitriles is 1. The van der Waals surface area contributed by atoms with Crippen LogP contribution in [0.15, 0.2) is 78.4 Å². The van der Waals surface area contributed by atoms with Gasteiger partial charge in [0.25, 0.3) is 5.91 Å². The monoisotopic (exact) mass is 428 g/mol. The molecule has 3 aromatic rings. The van der Waals surface area contributed by atoms with Crippen LogP contribution in [0.25, 0.3) is 6.08 Å². The lowest BCUT2D eigenvalue weighted by atomic mass is 10.1. The van der Waals surface area contributed by atoms with Crippen LogP contribution in [0.4, 0.5) is 5.69 Å². The van der Waals surface area contributed by atoms with Gasteiger partial charge in [0.2, 0.25) is 0 Å². The van der Waals surface area contributed by atoms with Gasteiger partial charge in [0.05, 0.1) is 12.7 Å². The first kappa shape index (κ1) is 22.1. The fourth-order valence-corrected chi connectivity index (χ4v) is 2.76. The lowest BCUT2D eigenvalue weighted by Crippen LogP contribution is -2.13. The van der Waals surface area contributed by atoms with Crippen molar-refractivity contribution in [3.05, 3.63) is 95.1 Å². The van der Waals surface area contributed by atoms with Crippen molar-refractivity contribution in [2.75, 3.05) is 12.4 Å². The van der Waals surface area contributed by atoms with Crippen LogP contribution in [0.5, 0.6) is 11.5 Å². The van der Waals surface area contributed by atoms with E-state index in [4.69, 9.17) is 14.6 Å². The van der Waals surface area contributed by atoms with Gasteiger partial charge in [0, 0.05) is 5.69 Å². The molecule has 0 aromatic heterocycles. The Labute approximate surface area is 185 Å². The van der Waals surface area contributed by atoms with Crippen molar-refractivity contribution in [2.24, 2.45) is 0 Å². The molecule has 0 fully saturated rings. The molecule has 3 rings (SSSR count). The van der Waals surface area contributed by atoms with Crippen LogP contribution in [-0.4, -0.2) is 24.1 Å². The van der Waals surface area contributed by atoms with Crippen LogP contribution in [0.3, 0.4) is 0 Å². The molecule has 1 amide bonds. The highest BCUT2D eigenvalue weighted by Crippen LogP contribution is 2.18. The van der Waals surface area contributed by atoms with Gasteiger partial charge in [-0.1, -0.05) is 24.3 Å². The Morgan fingerprint density at radius 3 is 2.16 bits per heavy atom. The van der Waals surface area contributed by atoms with Crippen LogP contribution in [0.2, 0.25) is 0 Å². The minimum absolute atomic E-state index is 0.0343. The average molecular weight is 428 g/mol. The molecule has 0 aliphatic carbocycles. The van der Waals surface area contributed by atoms with E-state index in [2.05, 4.69) is 5.32 Å². The van der Waals surface area contributed by atoms with Crippen LogP contribution < -0.4 is 14.8 Å². The Morgan fingerprint density at radius 2 is 1.59 bits per heavy atom. The second-order valence-corrected chi connectivity index (χ2v) is 6.71. The number of ether oxygens (including phenoxy) is 2. The van der Waals surface area contributed by atoms with Crippen molar-refractivity contribution < 1.29 is 24.2 Å². The molecule has 0 aliphatic rings. The maximum Gasteiger partial charge on any atom is 0.335 e. The molecule has 3 aromatic carbocycles. The van der Waals surface area contributed by atoms with E-state index >= 15 is 0 Å². The number of anilines is 1. The fourth-order valence-electron chi connectivity index (χ4n) is 2.76. The third kappa shape index (κ3) is 5.97. The van der Waals surface area contributed by atoms with Crippen LogP contribution in [0.1, 0.15) is 21.5 Å². The number of rotatable bonds is 8. The third-order valence-electron chi connectivity index (χ3n) is 4.51. The normalized spacial score (nSPS) is 10.7. The summed E-state index contributed by atoms with van der Waals surface area (Å²) in [5.74, 6) is -0.220. The number of aromatic carboxylic acids is 1. The van der Waals surface area contributed by atoms with E-state index in [1.54, 1.807) is 67.8 Å². The van der Waals surface area contributed by atoms with Crippen LogP contribution in [-0.2, 0) is 11.4 Å². The Kier molecular flexibility index (Phi) is 7.23. The first-order chi connectivity index (χ1) is 15.5. The molecule has 0 unspecified atom stereocenters. The van der Waals surface area contributed by atoms with Crippen molar-refractivity contribution in [2.45, 2.75) is 6.61 Å². The third-order valence-corrected chi connectivity index (χ3v) is 4.51. The van der Waals surface area contributed by atoms with Crippen molar-refractivity contribution >= 4 is 23.6 Å². The highest BCUT2D eigenvalue weighted by molar-refractivity contribution is 6.09. The topological polar surface area (TPSA) is 109 Å². The number of methoxy groups -OCH3 is 1. The predicted octanol–water partition coefficient (Wildman–Crippen LogP) is 4.52. The van der Waals surface area contributed by atoms with E-state index in [-0.39, 0.29) is 17.7 Å². The largest absolute Gasteiger partial charge is 0.497 e. The molecule has 7 heteroatoms. The molecule has 0 heterocycles. The molecule has 0 aliphatic heterocycles. The highest BCUT2D eigenvalue weighted by atomic mass is 16.5. The number of nitrogens with one attached hydrogen (secondary N) is 1. The number of carbonyl (C=O) groups is 2. The quantitative estimate of drug-likeness (QED) is 0.403. The number of amides is 1. The summed E-state index contributed by atoms with van der Waals surface area (Å²) in [4.78, 5) is 23.3. The number of hydrogen-bond acceptors (Lipinski definition) is 5. The Balaban J connectivity index is 1.61. The second kappa shape index (κ2) is 10.5. The van der Waals surface area contributed by atoms with Gasteiger partial charge in [-0.2, -0.15) is 5.26 Å². The maximum atomic E-state index is 12.4. The summed E-state index contributed by atoms with van der Waals surface area (Å²) in [5.41, 5.74) is 2.24. The first-order valence-corrected chi connectivity index (χ1v) is 9.61. The van der Waals surface area contributed by atoms with Crippen LogP contribution in [0, 0.1) is 11.3 Å². The molecular formula is C25H20N2O5. The number of benzene rings is 3. The molecule has 32 heavy (non-hydrogen) atoms. The van der Waals surface area contributed by atoms with Gasteiger partial charge in [-0.05, 0) is 65.7 Å². The smallest absolute Gasteiger partial charge is 0.335 e. The summed E-state index contributed by atoms with van der Waals surface area (Å²) in [6.45, 7) is 0.281. The minimum atomic E-state index is -0.976. The predicted molar refractivity (Wildman–Crippen MR) is 119 cm³/mol. The number of hydrogen-bond donors (Lipinski definition) is 2. The van der Waals surface area contributed by atoms with Gasteiger partial charge in [-0.3, -0.25) is 4.79 Å². The summed E-state index contributed by atoms with van der Waals surface area (Å²) < 4.78 is 10.8. The fraction of sp³-hybridized carbons (Fsp3) is 0.0800. The Morgan fingerprint density at radius 1 is 0.969 bits per heavy atom. The highest BCUT2D eigenvalue weighted by Gasteiger charge is 2.10. The Hall–Kier alpha value is -4.57. The maximum absolute atomic E-state index is 12.4. The average Bonchev–Trinajstić information content (AvgIpc) is 2.82. The van der Waals surface area contributed by atoms with Gasteiger partial charge >= 0.3 is 5.97 Å². The zero-order valence-corrected chi connectivity index (χ0v) is 17.2. The molecule has 7 nitrogen and oxygen atoms in total. The Bertz CT molecular complexity index is 1160. The summed E-state index contributed by atoms with van der Waals surface area (Å²) in [6.07, 6.45) is 1.49. The first-order valence-electron chi connectivity index (χ1n) is 9.61. The van der Waals surface area contributed by atoms with Gasteiger partial charge in [0.1, 0.15) is 29.7 Å². The van der Waals surface area contributed by atoms with E-state index in [1.165, 1.54) is 18.2 Å². The van der Waals surface area contributed by atoms with Crippen LogP contribution >= 0.6 is 0 Å². The molecule has 0 saturated heterocycles. The number of nitrogens with zero attached hydrogens (tertiary/aromatic N) is 1. The molecule has 0 spiro atoms. The lowest BCUT2D eigenvalue weighted by molar-refractivity contribution is -0.112. The van der Waals surface area contributed by atoms with Gasteiger partial charge in [0.15, 0.2) is 0 Å². The van der Waals surface area contributed by atoms with Crippen molar-refractivity contribution in [3.8, 4) is 17.6 Å². The van der Waals surface area contributed by atoms with Gasteiger partial charge < -0.3 is 19.9 Å². The second-order valence-electron chi connectivity index (χ2n) is 6.71. The molecule has 0 bridgehead atoms. The van der Waals surface area contributed by atoms with Gasteiger partial charge in [-0.25, -0.2) is 4.79 Å². The SMILES string of the molecule is COc1ccc(NC(=O)C(C#N)=Cc2ccc(OCc3ccc(C(=O)O)cc3)cc2)cc1. The van der Waals surface area contributed by atoms with E-state index < -0.39 is 11.9 Å². The molecular weight excluding hydrogens is 408 g/mol. The van der Waals surface area contributed by atoms with E-state index in [1.807, 2.05) is 6.07 Å². The van der Waals surface area contributed by atoms with Gasteiger partial charge in [-0.15, -0.1) is 0 Å². The number of carbonyl (C=O) groups excluding carboxylic acids is 1.